The summed E-state index contributed by atoms with van der Waals surface area (Å²) in [6, 6.07) is 5.88. The number of aliphatic hydroxyl groups is 1. The lowest BCUT2D eigenvalue weighted by atomic mass is 10.1. The molecule has 0 unspecified atom stereocenters. The molecule has 0 atom stereocenters. The van der Waals surface area contributed by atoms with E-state index in [1.165, 1.54) is 6.07 Å². The second kappa shape index (κ2) is 5.60. The van der Waals surface area contributed by atoms with Crippen LogP contribution in [0.15, 0.2) is 36.4 Å². The summed E-state index contributed by atoms with van der Waals surface area (Å²) in [6.45, 7) is -0.838. The average molecular weight is 321 g/mol. The molecule has 118 valence electrons. The van der Waals surface area contributed by atoms with Crippen molar-refractivity contribution in [3.8, 4) is 11.3 Å². The van der Waals surface area contributed by atoms with Crippen LogP contribution in [-0.4, -0.2) is 10.1 Å². The summed E-state index contributed by atoms with van der Waals surface area (Å²) in [5, 5.41) is 8.90. The molecule has 0 radical (unpaired) electrons. The number of benzene rings is 1. The Morgan fingerprint density at radius 3 is 1.86 bits per heavy atom. The third-order valence-corrected chi connectivity index (χ3v) is 2.93. The summed E-state index contributed by atoms with van der Waals surface area (Å²) in [4.78, 5) is 3.41. The highest BCUT2D eigenvalue weighted by Crippen LogP contribution is 2.34. The summed E-state index contributed by atoms with van der Waals surface area (Å²) in [7, 11) is 0. The standard InChI is InChI=1S/C14H9F6NO/c15-13(16,17)10-4-1-8(2-5-10)11-6-3-9(7-22)12(21-11)14(18,19)20/h1-6,22H,7H2. The lowest BCUT2D eigenvalue weighted by Crippen LogP contribution is -2.12. The van der Waals surface area contributed by atoms with E-state index in [1.54, 1.807) is 0 Å². The predicted octanol–water partition coefficient (Wildman–Crippen LogP) is 4.28. The van der Waals surface area contributed by atoms with E-state index in [9.17, 15) is 26.3 Å². The van der Waals surface area contributed by atoms with Crippen molar-refractivity contribution < 1.29 is 31.4 Å². The number of rotatable bonds is 2. The minimum Gasteiger partial charge on any atom is -0.392 e. The molecule has 2 rings (SSSR count). The molecule has 0 saturated heterocycles. The number of hydrogen-bond acceptors (Lipinski definition) is 2. The highest BCUT2D eigenvalue weighted by Gasteiger charge is 2.35. The molecular formula is C14H9F6NO. The average Bonchev–Trinajstić information content (AvgIpc) is 2.45. The van der Waals surface area contributed by atoms with Crippen molar-refractivity contribution in [2.75, 3.05) is 0 Å². The van der Waals surface area contributed by atoms with Crippen LogP contribution in [0.1, 0.15) is 16.8 Å². The molecule has 0 bridgehead atoms. The first-order chi connectivity index (χ1) is 10.1. The number of alkyl halides is 6. The number of nitrogens with zero attached hydrogens (tertiary/aromatic N) is 1. The third kappa shape index (κ3) is 3.38. The molecule has 1 aromatic carbocycles. The molecular weight excluding hydrogens is 312 g/mol. The number of halogens is 6. The first-order valence-electron chi connectivity index (χ1n) is 5.98. The summed E-state index contributed by atoms with van der Waals surface area (Å²) in [5.74, 6) is 0. The quantitative estimate of drug-likeness (QED) is 0.838. The molecule has 2 nitrogen and oxygen atoms in total. The Bertz CT molecular complexity index is 661. The zero-order chi connectivity index (χ0) is 16.5. The SMILES string of the molecule is OCc1ccc(-c2ccc(C(F)(F)F)cc2)nc1C(F)(F)F. The highest BCUT2D eigenvalue weighted by atomic mass is 19.4. The molecule has 0 spiro atoms. The largest absolute Gasteiger partial charge is 0.433 e. The molecule has 0 amide bonds. The van der Waals surface area contributed by atoms with Crippen LogP contribution in [0.2, 0.25) is 0 Å². The molecule has 1 aromatic heterocycles. The van der Waals surface area contributed by atoms with Crippen molar-refractivity contribution in [3.63, 3.8) is 0 Å². The maximum atomic E-state index is 12.8. The summed E-state index contributed by atoms with van der Waals surface area (Å²) in [5.41, 5.74) is -2.57. The minimum absolute atomic E-state index is 0.114. The molecule has 0 saturated carbocycles. The molecule has 2 aromatic rings. The van der Waals surface area contributed by atoms with Gasteiger partial charge in [0.25, 0.3) is 0 Å². The molecule has 8 heteroatoms. The fourth-order valence-corrected chi connectivity index (χ4v) is 1.85. The van der Waals surface area contributed by atoms with E-state index in [-0.39, 0.29) is 11.3 Å². The zero-order valence-corrected chi connectivity index (χ0v) is 10.8. The van der Waals surface area contributed by atoms with Gasteiger partial charge in [-0.2, -0.15) is 26.3 Å². The van der Waals surface area contributed by atoms with Crippen LogP contribution in [0, 0.1) is 0 Å². The maximum absolute atomic E-state index is 12.8. The molecule has 0 aliphatic heterocycles. The van der Waals surface area contributed by atoms with Gasteiger partial charge in [0.05, 0.1) is 17.9 Å². The summed E-state index contributed by atoms with van der Waals surface area (Å²) in [6.07, 6.45) is -9.29. The normalized spacial score (nSPS) is 12.5. The van der Waals surface area contributed by atoms with Crippen molar-refractivity contribution in [1.82, 2.24) is 4.98 Å². The van der Waals surface area contributed by atoms with Gasteiger partial charge in [-0.25, -0.2) is 4.98 Å². The van der Waals surface area contributed by atoms with Gasteiger partial charge in [-0.1, -0.05) is 18.2 Å². The van der Waals surface area contributed by atoms with Crippen LogP contribution in [-0.2, 0) is 19.0 Å². The minimum atomic E-state index is -4.76. The van der Waals surface area contributed by atoms with Gasteiger partial charge in [-0.3, -0.25) is 0 Å². The Balaban J connectivity index is 2.45. The monoisotopic (exact) mass is 321 g/mol. The van der Waals surface area contributed by atoms with Crippen molar-refractivity contribution >= 4 is 0 Å². The van der Waals surface area contributed by atoms with Crippen LogP contribution >= 0.6 is 0 Å². The van der Waals surface area contributed by atoms with Crippen LogP contribution in [0.5, 0.6) is 0 Å². The van der Waals surface area contributed by atoms with E-state index < -0.39 is 35.8 Å². The van der Waals surface area contributed by atoms with E-state index in [4.69, 9.17) is 5.11 Å². The Morgan fingerprint density at radius 1 is 0.818 bits per heavy atom. The van der Waals surface area contributed by atoms with Crippen LogP contribution < -0.4 is 0 Å². The molecule has 0 aliphatic carbocycles. The van der Waals surface area contributed by atoms with Gasteiger partial charge in [0.15, 0.2) is 5.69 Å². The maximum Gasteiger partial charge on any atom is 0.433 e. The first-order valence-corrected chi connectivity index (χ1v) is 5.98. The number of aliphatic hydroxyl groups excluding tert-OH is 1. The molecule has 0 aliphatic rings. The van der Waals surface area contributed by atoms with Gasteiger partial charge in [-0.05, 0) is 18.2 Å². The Labute approximate surface area is 121 Å². The summed E-state index contributed by atoms with van der Waals surface area (Å²) < 4.78 is 75.8. The first kappa shape index (κ1) is 16.3. The zero-order valence-electron chi connectivity index (χ0n) is 10.8. The van der Waals surface area contributed by atoms with Gasteiger partial charge in [-0.15, -0.1) is 0 Å². The van der Waals surface area contributed by atoms with Gasteiger partial charge in [0, 0.05) is 11.1 Å². The van der Waals surface area contributed by atoms with Crippen molar-refractivity contribution in [2.24, 2.45) is 0 Å². The molecule has 22 heavy (non-hydrogen) atoms. The van der Waals surface area contributed by atoms with E-state index in [0.29, 0.717) is 0 Å². The van der Waals surface area contributed by atoms with Crippen molar-refractivity contribution in [2.45, 2.75) is 19.0 Å². The predicted molar refractivity (Wildman–Crippen MR) is 65.6 cm³/mol. The highest BCUT2D eigenvalue weighted by molar-refractivity contribution is 5.60. The molecule has 1 N–H and O–H groups in total. The van der Waals surface area contributed by atoms with E-state index in [0.717, 1.165) is 30.3 Å². The summed E-state index contributed by atoms with van der Waals surface area (Å²) >= 11 is 0. The van der Waals surface area contributed by atoms with E-state index in [2.05, 4.69) is 4.98 Å². The molecule has 1 heterocycles. The smallest absolute Gasteiger partial charge is 0.392 e. The van der Waals surface area contributed by atoms with Crippen molar-refractivity contribution in [3.05, 3.63) is 53.2 Å². The Hall–Kier alpha value is -2.09. The Kier molecular flexibility index (Phi) is 4.15. The number of pyridine rings is 1. The second-order valence-corrected chi connectivity index (χ2v) is 4.44. The van der Waals surface area contributed by atoms with Gasteiger partial charge in [0.1, 0.15) is 0 Å². The topological polar surface area (TPSA) is 33.1 Å². The van der Waals surface area contributed by atoms with Gasteiger partial charge < -0.3 is 5.11 Å². The third-order valence-electron chi connectivity index (χ3n) is 2.93. The number of aromatic nitrogens is 1. The lowest BCUT2D eigenvalue weighted by molar-refractivity contribution is -0.142. The molecule has 0 fully saturated rings. The van der Waals surface area contributed by atoms with Gasteiger partial charge in [0.2, 0.25) is 0 Å². The van der Waals surface area contributed by atoms with Crippen LogP contribution in [0.25, 0.3) is 11.3 Å². The van der Waals surface area contributed by atoms with Gasteiger partial charge >= 0.3 is 12.4 Å². The van der Waals surface area contributed by atoms with Crippen molar-refractivity contribution in [1.29, 1.82) is 0 Å². The lowest BCUT2D eigenvalue weighted by Gasteiger charge is -2.12. The number of hydrogen-bond donors (Lipinski definition) is 1. The van der Waals surface area contributed by atoms with Crippen LogP contribution in [0.4, 0.5) is 26.3 Å². The fourth-order valence-electron chi connectivity index (χ4n) is 1.85. The van der Waals surface area contributed by atoms with E-state index >= 15 is 0 Å². The fraction of sp³-hybridized carbons (Fsp3) is 0.214. The van der Waals surface area contributed by atoms with Crippen LogP contribution in [0.3, 0.4) is 0 Å². The second-order valence-electron chi connectivity index (χ2n) is 4.44. The van der Waals surface area contributed by atoms with E-state index in [1.807, 2.05) is 0 Å². The Morgan fingerprint density at radius 2 is 1.41 bits per heavy atom.